The number of carbonyl (C=O) groups is 1. The third-order valence-electron chi connectivity index (χ3n) is 5.13. The molecule has 3 aromatic rings. The number of anilines is 1. The molecule has 0 spiro atoms. The third kappa shape index (κ3) is 5.05. The highest BCUT2D eigenvalue weighted by Crippen LogP contribution is 2.31. The number of sulfone groups is 1. The molecule has 0 unspecified atom stereocenters. The highest BCUT2D eigenvalue weighted by molar-refractivity contribution is 7.91. The van der Waals surface area contributed by atoms with Gasteiger partial charge >= 0.3 is 0 Å². The second-order valence-electron chi connectivity index (χ2n) is 7.41. The van der Waals surface area contributed by atoms with E-state index in [1.165, 1.54) is 7.11 Å². The van der Waals surface area contributed by atoms with E-state index in [9.17, 15) is 13.2 Å². The van der Waals surface area contributed by atoms with E-state index in [2.05, 4.69) is 10.4 Å². The van der Waals surface area contributed by atoms with Crippen LogP contribution in [0.1, 0.15) is 12.5 Å². The summed E-state index contributed by atoms with van der Waals surface area (Å²) in [5.74, 6) is 1.05. The molecule has 1 saturated heterocycles. The van der Waals surface area contributed by atoms with E-state index in [1.807, 2.05) is 12.1 Å². The molecule has 0 bridgehead atoms. The van der Waals surface area contributed by atoms with Gasteiger partial charge in [0.25, 0.3) is 5.91 Å². The number of halogens is 1. The molecule has 1 fully saturated rings. The molecule has 2 heterocycles. The normalized spacial score (nSPS) is 17.1. The standard InChI is InChI=1S/C22H22ClN3O5S/c1-30-19-4-2-3-5-20(19)31-13-22(27)24-21-12-18(15-6-8-16(23)9-7-15)25-26(21)17-10-11-32(28,29)14-17/h2-9,12,17H,10-11,13-14H2,1H3,(H,24,27)/t17-/m1/s1. The molecular weight excluding hydrogens is 454 g/mol. The molecular formula is C22H22ClN3O5S. The zero-order valence-electron chi connectivity index (χ0n) is 17.3. The summed E-state index contributed by atoms with van der Waals surface area (Å²) in [5, 5.41) is 7.98. The Hall–Kier alpha value is -3.04. The largest absolute Gasteiger partial charge is 0.493 e. The Morgan fingerprint density at radius 3 is 2.56 bits per heavy atom. The lowest BCUT2D eigenvalue weighted by atomic mass is 10.1. The molecule has 0 aliphatic carbocycles. The zero-order valence-corrected chi connectivity index (χ0v) is 18.9. The molecule has 1 aliphatic rings. The van der Waals surface area contributed by atoms with Gasteiger partial charge in [0, 0.05) is 16.7 Å². The third-order valence-corrected chi connectivity index (χ3v) is 7.13. The topological polar surface area (TPSA) is 99.5 Å². The number of hydrogen-bond donors (Lipinski definition) is 1. The van der Waals surface area contributed by atoms with Crippen LogP contribution in [0.25, 0.3) is 11.3 Å². The van der Waals surface area contributed by atoms with Crippen LogP contribution < -0.4 is 14.8 Å². The van der Waals surface area contributed by atoms with E-state index in [0.29, 0.717) is 34.5 Å². The molecule has 0 radical (unpaired) electrons. The van der Waals surface area contributed by atoms with Crippen LogP contribution in [0.4, 0.5) is 5.82 Å². The fourth-order valence-electron chi connectivity index (χ4n) is 3.56. The van der Waals surface area contributed by atoms with Gasteiger partial charge in [-0.3, -0.25) is 4.79 Å². The first-order valence-electron chi connectivity index (χ1n) is 9.96. The molecule has 1 amide bonds. The van der Waals surface area contributed by atoms with Crippen molar-refractivity contribution >= 4 is 33.2 Å². The smallest absolute Gasteiger partial charge is 0.263 e. The van der Waals surface area contributed by atoms with Crippen molar-refractivity contribution in [2.45, 2.75) is 12.5 Å². The van der Waals surface area contributed by atoms with Gasteiger partial charge in [0.15, 0.2) is 27.9 Å². The van der Waals surface area contributed by atoms with Gasteiger partial charge in [-0.05, 0) is 30.7 Å². The predicted molar refractivity (Wildman–Crippen MR) is 122 cm³/mol. The SMILES string of the molecule is COc1ccccc1OCC(=O)Nc1cc(-c2ccc(Cl)cc2)nn1[C@@H]1CCS(=O)(=O)C1. The van der Waals surface area contributed by atoms with E-state index < -0.39 is 15.7 Å². The Bertz CT molecular complexity index is 1220. The van der Waals surface area contributed by atoms with Gasteiger partial charge in [0.05, 0.1) is 30.4 Å². The highest BCUT2D eigenvalue weighted by atomic mass is 35.5. The van der Waals surface area contributed by atoms with E-state index in [-0.39, 0.29) is 24.2 Å². The molecule has 2 aromatic carbocycles. The molecule has 1 N–H and O–H groups in total. The van der Waals surface area contributed by atoms with Crippen LogP contribution in [0.3, 0.4) is 0 Å². The minimum Gasteiger partial charge on any atom is -0.493 e. The molecule has 8 nitrogen and oxygen atoms in total. The molecule has 168 valence electrons. The second kappa shape index (κ2) is 9.22. The van der Waals surface area contributed by atoms with Crippen molar-refractivity contribution in [2.24, 2.45) is 0 Å². The van der Waals surface area contributed by atoms with Crippen molar-refractivity contribution in [1.29, 1.82) is 0 Å². The van der Waals surface area contributed by atoms with Gasteiger partial charge in [-0.25, -0.2) is 13.1 Å². The maximum absolute atomic E-state index is 12.6. The van der Waals surface area contributed by atoms with Crippen LogP contribution in [-0.4, -0.2) is 49.3 Å². The van der Waals surface area contributed by atoms with Gasteiger partial charge in [0.1, 0.15) is 5.82 Å². The molecule has 1 aliphatic heterocycles. The summed E-state index contributed by atoms with van der Waals surface area (Å²) >= 11 is 5.97. The first kappa shape index (κ1) is 22.2. The summed E-state index contributed by atoms with van der Waals surface area (Å²) in [5.41, 5.74) is 1.40. The molecule has 4 rings (SSSR count). The summed E-state index contributed by atoms with van der Waals surface area (Å²) in [6.07, 6.45) is 0.435. The lowest BCUT2D eigenvalue weighted by Crippen LogP contribution is -2.24. The van der Waals surface area contributed by atoms with Crippen molar-refractivity contribution in [3.63, 3.8) is 0 Å². The Kier molecular flexibility index (Phi) is 6.38. The lowest BCUT2D eigenvalue weighted by molar-refractivity contribution is -0.118. The van der Waals surface area contributed by atoms with Crippen LogP contribution in [-0.2, 0) is 14.6 Å². The Labute approximate surface area is 191 Å². The van der Waals surface area contributed by atoms with Crippen molar-refractivity contribution in [3.05, 3.63) is 59.6 Å². The van der Waals surface area contributed by atoms with Gasteiger partial charge in [-0.15, -0.1) is 0 Å². The van der Waals surface area contributed by atoms with Crippen LogP contribution in [0, 0.1) is 0 Å². The number of para-hydroxylation sites is 2. The summed E-state index contributed by atoms with van der Waals surface area (Å²) < 4.78 is 36.4. The van der Waals surface area contributed by atoms with E-state index in [1.54, 1.807) is 47.1 Å². The summed E-state index contributed by atoms with van der Waals surface area (Å²) in [7, 11) is -1.61. The zero-order chi connectivity index (χ0) is 22.7. The summed E-state index contributed by atoms with van der Waals surface area (Å²) in [4.78, 5) is 12.6. The van der Waals surface area contributed by atoms with Crippen LogP contribution in [0.5, 0.6) is 11.5 Å². The van der Waals surface area contributed by atoms with Crippen molar-refractivity contribution in [2.75, 3.05) is 30.5 Å². The number of nitrogens with zero attached hydrogens (tertiary/aromatic N) is 2. The van der Waals surface area contributed by atoms with Gasteiger partial charge in [0.2, 0.25) is 0 Å². The van der Waals surface area contributed by atoms with Gasteiger partial charge in [-0.1, -0.05) is 35.9 Å². The Morgan fingerprint density at radius 1 is 1.19 bits per heavy atom. The molecule has 0 saturated carbocycles. The number of ether oxygens (including phenoxy) is 2. The Balaban J connectivity index is 1.55. The van der Waals surface area contributed by atoms with Crippen LogP contribution in [0.2, 0.25) is 5.02 Å². The van der Waals surface area contributed by atoms with E-state index >= 15 is 0 Å². The minimum atomic E-state index is -3.13. The summed E-state index contributed by atoms with van der Waals surface area (Å²) in [6, 6.07) is 15.5. The average Bonchev–Trinajstić information content (AvgIpc) is 3.35. The molecule has 1 aromatic heterocycles. The monoisotopic (exact) mass is 475 g/mol. The summed E-state index contributed by atoms with van der Waals surface area (Å²) in [6.45, 7) is -0.245. The van der Waals surface area contributed by atoms with E-state index in [0.717, 1.165) is 5.56 Å². The number of carbonyl (C=O) groups excluding carboxylic acids is 1. The fraction of sp³-hybridized carbons (Fsp3) is 0.273. The van der Waals surface area contributed by atoms with Crippen molar-refractivity contribution in [3.8, 4) is 22.8 Å². The van der Waals surface area contributed by atoms with E-state index in [4.69, 9.17) is 21.1 Å². The maximum atomic E-state index is 12.6. The number of benzene rings is 2. The first-order chi connectivity index (χ1) is 15.3. The quantitative estimate of drug-likeness (QED) is 0.560. The molecule has 32 heavy (non-hydrogen) atoms. The van der Waals surface area contributed by atoms with Gasteiger partial charge in [-0.2, -0.15) is 5.10 Å². The first-order valence-corrected chi connectivity index (χ1v) is 12.2. The number of amides is 1. The van der Waals surface area contributed by atoms with Crippen LogP contribution in [0.15, 0.2) is 54.6 Å². The number of hydrogen-bond acceptors (Lipinski definition) is 6. The number of methoxy groups -OCH3 is 1. The predicted octanol–water partition coefficient (Wildman–Crippen LogP) is 3.59. The Morgan fingerprint density at radius 2 is 1.91 bits per heavy atom. The highest BCUT2D eigenvalue weighted by Gasteiger charge is 2.31. The number of nitrogens with one attached hydrogen (secondary N) is 1. The maximum Gasteiger partial charge on any atom is 0.263 e. The number of rotatable bonds is 7. The van der Waals surface area contributed by atoms with Crippen molar-refractivity contribution < 1.29 is 22.7 Å². The van der Waals surface area contributed by atoms with Gasteiger partial charge < -0.3 is 14.8 Å². The average molecular weight is 476 g/mol. The second-order valence-corrected chi connectivity index (χ2v) is 10.1. The number of aromatic nitrogens is 2. The molecule has 1 atom stereocenters. The fourth-order valence-corrected chi connectivity index (χ4v) is 5.37. The van der Waals surface area contributed by atoms with Crippen molar-refractivity contribution in [1.82, 2.24) is 9.78 Å². The minimum absolute atomic E-state index is 0.0185. The molecule has 10 heteroatoms. The lowest BCUT2D eigenvalue weighted by Gasteiger charge is -2.14. The van der Waals surface area contributed by atoms with Crippen LogP contribution >= 0.6 is 11.6 Å².